The third-order valence-corrected chi connectivity index (χ3v) is 3.65. The normalized spacial score (nSPS) is 13.3. The molecule has 0 fully saturated rings. The molecular weight excluding hydrogens is 246 g/mol. The molecule has 1 aliphatic heterocycles. The van der Waals surface area contributed by atoms with Crippen molar-refractivity contribution in [3.8, 4) is 0 Å². The number of benzene rings is 1. The summed E-state index contributed by atoms with van der Waals surface area (Å²) in [6.45, 7) is 2.23. The fourth-order valence-corrected chi connectivity index (χ4v) is 2.59. The van der Waals surface area contributed by atoms with E-state index in [-0.39, 0.29) is 5.91 Å². The molecule has 2 aromatic rings. The number of thiazole rings is 1. The van der Waals surface area contributed by atoms with Gasteiger partial charge in [0.15, 0.2) is 0 Å². The van der Waals surface area contributed by atoms with Crippen LogP contribution in [0.3, 0.4) is 0 Å². The van der Waals surface area contributed by atoms with E-state index in [4.69, 9.17) is 0 Å². The van der Waals surface area contributed by atoms with Gasteiger partial charge in [0.1, 0.15) is 0 Å². The summed E-state index contributed by atoms with van der Waals surface area (Å²) in [6, 6.07) is 5.86. The van der Waals surface area contributed by atoms with Crippen molar-refractivity contribution in [1.29, 1.82) is 0 Å². The molecule has 18 heavy (non-hydrogen) atoms. The Hall–Kier alpha value is -1.72. The third kappa shape index (κ3) is 2.27. The van der Waals surface area contributed by atoms with E-state index in [2.05, 4.69) is 15.6 Å². The Bertz CT molecular complexity index is 566. The first-order valence-electron chi connectivity index (χ1n) is 5.81. The quantitative estimate of drug-likeness (QED) is 0.881. The standard InChI is InChI=1S/C13H13N3OS/c17-13(15-6-12-7-18-8-16-12)9-1-2-10-4-14-5-11(10)3-9/h1-3,7-8,14H,4-6H2,(H,15,17). The molecule has 0 radical (unpaired) electrons. The number of fused-ring (bicyclic) bond motifs is 1. The first-order valence-corrected chi connectivity index (χ1v) is 6.75. The van der Waals surface area contributed by atoms with Crippen LogP contribution in [-0.2, 0) is 19.6 Å². The maximum atomic E-state index is 12.0. The molecule has 0 unspecified atom stereocenters. The smallest absolute Gasteiger partial charge is 0.251 e. The lowest BCUT2D eigenvalue weighted by Gasteiger charge is -2.05. The predicted molar refractivity (Wildman–Crippen MR) is 70.3 cm³/mol. The Morgan fingerprint density at radius 2 is 2.28 bits per heavy atom. The second-order valence-electron chi connectivity index (χ2n) is 4.25. The number of nitrogens with zero attached hydrogens (tertiary/aromatic N) is 1. The maximum Gasteiger partial charge on any atom is 0.251 e. The number of carbonyl (C=O) groups excluding carboxylic acids is 1. The number of amides is 1. The lowest BCUT2D eigenvalue weighted by atomic mass is 10.1. The van der Waals surface area contributed by atoms with Gasteiger partial charge in [0, 0.05) is 24.0 Å². The fraction of sp³-hybridized carbons (Fsp3) is 0.231. The van der Waals surface area contributed by atoms with E-state index in [1.165, 1.54) is 22.5 Å². The highest BCUT2D eigenvalue weighted by Crippen LogP contribution is 2.17. The molecule has 1 aliphatic rings. The molecule has 1 aromatic heterocycles. The molecule has 0 spiro atoms. The van der Waals surface area contributed by atoms with Crippen LogP contribution in [0.15, 0.2) is 29.1 Å². The van der Waals surface area contributed by atoms with Gasteiger partial charge in [-0.25, -0.2) is 4.98 Å². The largest absolute Gasteiger partial charge is 0.346 e. The van der Waals surface area contributed by atoms with Crippen molar-refractivity contribution in [1.82, 2.24) is 15.6 Å². The third-order valence-electron chi connectivity index (χ3n) is 3.01. The minimum atomic E-state index is -0.0438. The molecular formula is C13H13N3OS. The molecule has 0 atom stereocenters. The molecule has 92 valence electrons. The maximum absolute atomic E-state index is 12.0. The van der Waals surface area contributed by atoms with Gasteiger partial charge in [-0.3, -0.25) is 4.79 Å². The van der Waals surface area contributed by atoms with E-state index >= 15 is 0 Å². The van der Waals surface area contributed by atoms with Crippen molar-refractivity contribution in [3.05, 3.63) is 51.5 Å². The van der Waals surface area contributed by atoms with Crippen LogP contribution in [0.2, 0.25) is 0 Å². The van der Waals surface area contributed by atoms with Gasteiger partial charge in [0.2, 0.25) is 0 Å². The Balaban J connectivity index is 1.69. The Morgan fingerprint density at radius 3 is 3.11 bits per heavy atom. The van der Waals surface area contributed by atoms with E-state index in [0.29, 0.717) is 12.1 Å². The van der Waals surface area contributed by atoms with Crippen molar-refractivity contribution >= 4 is 17.2 Å². The van der Waals surface area contributed by atoms with Crippen molar-refractivity contribution in [2.24, 2.45) is 0 Å². The SMILES string of the molecule is O=C(NCc1cscn1)c1ccc2c(c1)CNC2. The highest BCUT2D eigenvalue weighted by molar-refractivity contribution is 7.07. The number of hydrogen-bond donors (Lipinski definition) is 2. The molecule has 2 heterocycles. The number of aromatic nitrogens is 1. The van der Waals surface area contributed by atoms with E-state index in [1.54, 1.807) is 5.51 Å². The summed E-state index contributed by atoms with van der Waals surface area (Å²) in [7, 11) is 0. The van der Waals surface area contributed by atoms with Crippen LogP contribution in [0.25, 0.3) is 0 Å². The highest BCUT2D eigenvalue weighted by Gasteiger charge is 2.13. The van der Waals surface area contributed by atoms with Crippen LogP contribution in [0.1, 0.15) is 27.2 Å². The summed E-state index contributed by atoms with van der Waals surface area (Å²) in [6.07, 6.45) is 0. The summed E-state index contributed by atoms with van der Waals surface area (Å²) in [5.74, 6) is -0.0438. The molecule has 1 aromatic carbocycles. The summed E-state index contributed by atoms with van der Waals surface area (Å²) < 4.78 is 0. The van der Waals surface area contributed by atoms with E-state index in [0.717, 1.165) is 18.8 Å². The molecule has 5 heteroatoms. The van der Waals surface area contributed by atoms with E-state index in [1.807, 2.05) is 23.6 Å². The minimum absolute atomic E-state index is 0.0438. The summed E-state index contributed by atoms with van der Waals surface area (Å²) >= 11 is 1.53. The molecule has 3 rings (SSSR count). The van der Waals surface area contributed by atoms with E-state index < -0.39 is 0 Å². The fourth-order valence-electron chi connectivity index (χ4n) is 2.03. The zero-order valence-electron chi connectivity index (χ0n) is 9.77. The molecule has 0 aliphatic carbocycles. The van der Waals surface area contributed by atoms with Crippen molar-refractivity contribution in [3.63, 3.8) is 0 Å². The first kappa shape index (κ1) is 11.4. The number of hydrogen-bond acceptors (Lipinski definition) is 4. The number of nitrogens with one attached hydrogen (secondary N) is 2. The molecule has 0 saturated carbocycles. The minimum Gasteiger partial charge on any atom is -0.346 e. The Kier molecular flexibility index (Phi) is 3.08. The van der Waals surface area contributed by atoms with Gasteiger partial charge < -0.3 is 10.6 Å². The van der Waals surface area contributed by atoms with Crippen molar-refractivity contribution in [2.45, 2.75) is 19.6 Å². The second kappa shape index (κ2) is 4.88. The number of carbonyl (C=O) groups is 1. The summed E-state index contributed by atoms with van der Waals surface area (Å²) in [4.78, 5) is 16.1. The van der Waals surface area contributed by atoms with Crippen LogP contribution in [0.4, 0.5) is 0 Å². The topological polar surface area (TPSA) is 54.0 Å². The molecule has 1 amide bonds. The van der Waals surface area contributed by atoms with Crippen LogP contribution in [0.5, 0.6) is 0 Å². The zero-order chi connectivity index (χ0) is 12.4. The van der Waals surface area contributed by atoms with Gasteiger partial charge in [-0.05, 0) is 23.3 Å². The predicted octanol–water partition coefficient (Wildman–Crippen LogP) is 1.68. The second-order valence-corrected chi connectivity index (χ2v) is 4.97. The van der Waals surface area contributed by atoms with Crippen LogP contribution in [-0.4, -0.2) is 10.9 Å². The summed E-state index contributed by atoms with van der Waals surface area (Å²) in [5.41, 5.74) is 5.88. The lowest BCUT2D eigenvalue weighted by molar-refractivity contribution is 0.0950. The van der Waals surface area contributed by atoms with Gasteiger partial charge in [0.05, 0.1) is 17.7 Å². The molecule has 4 nitrogen and oxygen atoms in total. The van der Waals surface area contributed by atoms with Gasteiger partial charge in [-0.1, -0.05) is 6.07 Å². The monoisotopic (exact) mass is 259 g/mol. The average molecular weight is 259 g/mol. The van der Waals surface area contributed by atoms with Gasteiger partial charge in [-0.2, -0.15) is 0 Å². The van der Waals surface area contributed by atoms with Gasteiger partial charge in [0.25, 0.3) is 5.91 Å². The van der Waals surface area contributed by atoms with Crippen LogP contribution in [0, 0.1) is 0 Å². The van der Waals surface area contributed by atoms with Crippen molar-refractivity contribution < 1.29 is 4.79 Å². The lowest BCUT2D eigenvalue weighted by Crippen LogP contribution is -2.23. The highest BCUT2D eigenvalue weighted by atomic mass is 32.1. The molecule has 2 N–H and O–H groups in total. The summed E-state index contributed by atoms with van der Waals surface area (Å²) in [5, 5.41) is 8.08. The van der Waals surface area contributed by atoms with Crippen LogP contribution < -0.4 is 10.6 Å². The van der Waals surface area contributed by atoms with Crippen LogP contribution >= 0.6 is 11.3 Å². The van der Waals surface area contributed by atoms with E-state index in [9.17, 15) is 4.79 Å². The average Bonchev–Trinajstić information content (AvgIpc) is 3.05. The Labute approximate surface area is 109 Å². The number of rotatable bonds is 3. The van der Waals surface area contributed by atoms with Gasteiger partial charge >= 0.3 is 0 Å². The van der Waals surface area contributed by atoms with Gasteiger partial charge in [-0.15, -0.1) is 11.3 Å². The molecule has 0 bridgehead atoms. The molecule has 0 saturated heterocycles. The Morgan fingerprint density at radius 1 is 1.39 bits per heavy atom. The first-order chi connectivity index (χ1) is 8.83. The zero-order valence-corrected chi connectivity index (χ0v) is 10.6. The van der Waals surface area contributed by atoms with Crippen molar-refractivity contribution in [2.75, 3.05) is 0 Å².